The minimum Gasteiger partial charge on any atom is -0.331 e. The Kier molecular flexibility index (Phi) is 2.40. The van der Waals surface area contributed by atoms with Crippen LogP contribution in [0.25, 0.3) is 0 Å². The van der Waals surface area contributed by atoms with Crippen LogP contribution in [0.4, 0.5) is 0 Å². The summed E-state index contributed by atoms with van der Waals surface area (Å²) in [6.07, 6.45) is 5.94. The molecule has 0 atom stereocenters. The van der Waals surface area contributed by atoms with Crippen molar-refractivity contribution in [3.63, 3.8) is 0 Å². The molecule has 0 spiro atoms. The van der Waals surface area contributed by atoms with E-state index in [0.717, 1.165) is 23.9 Å². The van der Waals surface area contributed by atoms with E-state index in [2.05, 4.69) is 34.1 Å². The van der Waals surface area contributed by atoms with Crippen LogP contribution in [-0.4, -0.2) is 28.8 Å². The maximum atomic E-state index is 4.43. The Labute approximate surface area is 81.4 Å². The van der Waals surface area contributed by atoms with Gasteiger partial charge in [0.2, 0.25) is 0 Å². The van der Waals surface area contributed by atoms with E-state index in [9.17, 15) is 0 Å². The van der Waals surface area contributed by atoms with Crippen LogP contribution >= 0.6 is 11.3 Å². The van der Waals surface area contributed by atoms with Gasteiger partial charge in [0, 0.05) is 24.3 Å². The molecule has 0 radical (unpaired) electrons. The van der Waals surface area contributed by atoms with Crippen LogP contribution in [-0.2, 0) is 0 Å². The van der Waals surface area contributed by atoms with Crippen LogP contribution < -0.4 is 0 Å². The molecule has 0 N–H and O–H groups in total. The second kappa shape index (κ2) is 3.70. The van der Waals surface area contributed by atoms with Gasteiger partial charge in [-0.1, -0.05) is 0 Å². The van der Waals surface area contributed by atoms with Crippen LogP contribution in [0.15, 0.2) is 28.8 Å². The van der Waals surface area contributed by atoms with E-state index in [4.69, 9.17) is 0 Å². The summed E-state index contributed by atoms with van der Waals surface area (Å²) in [6.45, 7) is 3.82. The van der Waals surface area contributed by atoms with Gasteiger partial charge in [-0.25, -0.2) is 4.98 Å². The molecule has 0 saturated heterocycles. The zero-order valence-electron chi connectivity index (χ0n) is 7.47. The van der Waals surface area contributed by atoms with Gasteiger partial charge in [-0.15, -0.1) is 11.3 Å². The number of amidine groups is 1. The molecule has 0 bridgehead atoms. The van der Waals surface area contributed by atoms with Gasteiger partial charge in [0.15, 0.2) is 10.8 Å². The molecule has 1 aliphatic rings. The van der Waals surface area contributed by atoms with Gasteiger partial charge in [0.1, 0.15) is 0 Å². The van der Waals surface area contributed by atoms with E-state index in [1.807, 2.05) is 11.6 Å². The highest BCUT2D eigenvalue weighted by Gasteiger charge is 2.13. The number of thiazole rings is 1. The summed E-state index contributed by atoms with van der Waals surface area (Å²) >= 11 is 1.63. The van der Waals surface area contributed by atoms with Crippen molar-refractivity contribution in [1.29, 1.82) is 0 Å². The maximum absolute atomic E-state index is 4.43. The molecule has 2 rings (SSSR count). The van der Waals surface area contributed by atoms with Crippen LogP contribution in [0, 0.1) is 0 Å². The van der Waals surface area contributed by atoms with Crippen molar-refractivity contribution in [2.45, 2.75) is 6.92 Å². The summed E-state index contributed by atoms with van der Waals surface area (Å²) in [5.74, 6) is 1.00. The second-order valence-corrected chi connectivity index (χ2v) is 3.57. The zero-order valence-corrected chi connectivity index (χ0v) is 8.29. The van der Waals surface area contributed by atoms with Crippen molar-refractivity contribution in [3.8, 4) is 0 Å². The summed E-state index contributed by atoms with van der Waals surface area (Å²) in [6, 6.07) is 0. The van der Waals surface area contributed by atoms with Gasteiger partial charge in [-0.2, -0.15) is 0 Å². The minimum absolute atomic E-state index is 0.769. The first kappa shape index (κ1) is 8.44. The maximum Gasteiger partial charge on any atom is 0.164 e. The Bertz CT molecular complexity index is 327. The van der Waals surface area contributed by atoms with Crippen molar-refractivity contribution in [3.05, 3.63) is 28.9 Å². The van der Waals surface area contributed by atoms with E-state index >= 15 is 0 Å². The van der Waals surface area contributed by atoms with Crippen LogP contribution in [0.2, 0.25) is 0 Å². The Balaban J connectivity index is 2.27. The summed E-state index contributed by atoms with van der Waals surface area (Å²) in [4.78, 5) is 10.8. The van der Waals surface area contributed by atoms with E-state index in [1.165, 1.54) is 0 Å². The predicted molar refractivity (Wildman–Crippen MR) is 55.0 cm³/mol. The Morgan fingerprint density at radius 1 is 1.62 bits per heavy atom. The number of aliphatic imine (C=N–C) groups is 1. The third-order valence-electron chi connectivity index (χ3n) is 1.87. The molecule has 13 heavy (non-hydrogen) atoms. The van der Waals surface area contributed by atoms with Crippen LogP contribution in [0.5, 0.6) is 0 Å². The van der Waals surface area contributed by atoms with Gasteiger partial charge in [-0.05, 0) is 13.0 Å². The Hall–Kier alpha value is -1.16. The van der Waals surface area contributed by atoms with Crippen molar-refractivity contribution >= 4 is 17.2 Å². The lowest BCUT2D eigenvalue weighted by atomic mass is 10.4. The second-order valence-electron chi connectivity index (χ2n) is 2.67. The lowest BCUT2D eigenvalue weighted by Crippen LogP contribution is -2.28. The molecular formula is C9H11N3S. The highest BCUT2D eigenvalue weighted by molar-refractivity contribution is 7.11. The Morgan fingerprint density at radius 2 is 2.54 bits per heavy atom. The summed E-state index contributed by atoms with van der Waals surface area (Å²) < 4.78 is 0. The van der Waals surface area contributed by atoms with Crippen LogP contribution in [0.3, 0.4) is 0 Å². The molecule has 3 nitrogen and oxygen atoms in total. The topological polar surface area (TPSA) is 28.5 Å². The standard InChI is InChI=1S/C9H11N3S/c1-2-12-6-3-4-10-8(12)9-11-5-7-13-9/h3,5-7H,2,4H2,1H3. The molecule has 2 heterocycles. The fourth-order valence-electron chi connectivity index (χ4n) is 1.25. The lowest BCUT2D eigenvalue weighted by molar-refractivity contribution is 0.578. The highest BCUT2D eigenvalue weighted by Crippen LogP contribution is 2.12. The molecule has 68 valence electrons. The third-order valence-corrected chi connectivity index (χ3v) is 2.64. The minimum atomic E-state index is 0.769. The van der Waals surface area contributed by atoms with Crippen LogP contribution in [0.1, 0.15) is 11.9 Å². The average molecular weight is 193 g/mol. The third kappa shape index (κ3) is 1.62. The Morgan fingerprint density at radius 3 is 3.23 bits per heavy atom. The molecule has 0 amide bonds. The smallest absolute Gasteiger partial charge is 0.164 e. The molecule has 1 aromatic rings. The van der Waals surface area contributed by atoms with Crippen molar-refractivity contribution in [2.24, 2.45) is 4.99 Å². The van der Waals surface area contributed by atoms with Gasteiger partial charge in [0.05, 0.1) is 6.54 Å². The molecule has 0 saturated carbocycles. The number of hydrogen-bond donors (Lipinski definition) is 0. The average Bonchev–Trinajstić information content (AvgIpc) is 2.70. The largest absolute Gasteiger partial charge is 0.331 e. The van der Waals surface area contributed by atoms with Crippen molar-refractivity contribution < 1.29 is 0 Å². The van der Waals surface area contributed by atoms with E-state index in [1.54, 1.807) is 11.3 Å². The number of aromatic nitrogens is 1. The molecule has 0 unspecified atom stereocenters. The van der Waals surface area contributed by atoms with E-state index in [-0.39, 0.29) is 0 Å². The molecule has 0 fully saturated rings. The van der Waals surface area contributed by atoms with E-state index in [0.29, 0.717) is 0 Å². The zero-order chi connectivity index (χ0) is 9.10. The van der Waals surface area contributed by atoms with Gasteiger partial charge in [-0.3, -0.25) is 4.99 Å². The highest BCUT2D eigenvalue weighted by atomic mass is 32.1. The van der Waals surface area contributed by atoms with Gasteiger partial charge >= 0.3 is 0 Å². The first-order valence-corrected chi connectivity index (χ1v) is 5.17. The molecular weight excluding hydrogens is 182 g/mol. The summed E-state index contributed by atoms with van der Waals surface area (Å²) in [7, 11) is 0. The van der Waals surface area contributed by atoms with Gasteiger partial charge < -0.3 is 4.90 Å². The quantitative estimate of drug-likeness (QED) is 0.715. The molecule has 1 aromatic heterocycles. The number of nitrogens with zero attached hydrogens (tertiary/aromatic N) is 3. The van der Waals surface area contributed by atoms with Crippen molar-refractivity contribution in [2.75, 3.05) is 13.1 Å². The molecule has 4 heteroatoms. The monoisotopic (exact) mass is 193 g/mol. The fraction of sp³-hybridized carbons (Fsp3) is 0.333. The first-order valence-electron chi connectivity index (χ1n) is 4.29. The number of rotatable bonds is 2. The first-order chi connectivity index (χ1) is 6.42. The van der Waals surface area contributed by atoms with E-state index < -0.39 is 0 Å². The lowest BCUT2D eigenvalue weighted by Gasteiger charge is -2.21. The summed E-state index contributed by atoms with van der Waals surface area (Å²) in [5, 5.41) is 2.98. The number of hydrogen-bond acceptors (Lipinski definition) is 4. The predicted octanol–water partition coefficient (Wildman–Crippen LogP) is 1.74. The molecule has 0 aromatic carbocycles. The molecule has 0 aliphatic carbocycles. The fourth-order valence-corrected chi connectivity index (χ4v) is 1.91. The molecule has 1 aliphatic heterocycles. The normalized spacial score (nSPS) is 16.1. The van der Waals surface area contributed by atoms with Gasteiger partial charge in [0.25, 0.3) is 0 Å². The summed E-state index contributed by atoms with van der Waals surface area (Å²) in [5.41, 5.74) is 0. The SMILES string of the molecule is CCN1C=CCN=C1c1nccs1. The van der Waals surface area contributed by atoms with Crippen molar-refractivity contribution in [1.82, 2.24) is 9.88 Å².